The van der Waals surface area contributed by atoms with Crippen LogP contribution < -0.4 is 11.1 Å². The molecule has 0 atom stereocenters. The molecule has 29 heavy (non-hydrogen) atoms. The normalized spacial score (nSPS) is 15.3. The van der Waals surface area contributed by atoms with E-state index in [1.54, 1.807) is 6.20 Å². The highest BCUT2D eigenvalue weighted by atomic mass is 16.2. The number of hydrogen-bond acceptors (Lipinski definition) is 4. The number of nitrogens with two attached hydrogens (primary N) is 1. The van der Waals surface area contributed by atoms with E-state index in [2.05, 4.69) is 15.2 Å². The summed E-state index contributed by atoms with van der Waals surface area (Å²) in [6.45, 7) is 2.48. The fourth-order valence-corrected chi connectivity index (χ4v) is 3.87. The molecule has 1 aromatic heterocycles. The van der Waals surface area contributed by atoms with Gasteiger partial charge in [-0.15, -0.1) is 0 Å². The number of carbonyl (C=O) groups is 2. The fraction of sp³-hybridized carbons (Fsp3) is 0.261. The zero-order valence-corrected chi connectivity index (χ0v) is 16.2. The maximum Gasteiger partial charge on any atom is 0.274 e. The van der Waals surface area contributed by atoms with E-state index in [4.69, 9.17) is 5.73 Å². The number of anilines is 1. The highest BCUT2D eigenvalue weighted by Gasteiger charge is 2.23. The Hall–Kier alpha value is -3.25. The Labute approximate surface area is 169 Å². The van der Waals surface area contributed by atoms with E-state index in [9.17, 15) is 9.59 Å². The minimum atomic E-state index is -0.221. The zero-order chi connectivity index (χ0) is 20.2. The van der Waals surface area contributed by atoms with Crippen LogP contribution in [-0.2, 0) is 11.3 Å². The summed E-state index contributed by atoms with van der Waals surface area (Å²) in [5.74, 6) is -0.428. The molecule has 0 aliphatic carbocycles. The van der Waals surface area contributed by atoms with Crippen molar-refractivity contribution in [2.45, 2.75) is 19.4 Å². The Morgan fingerprint density at radius 2 is 1.86 bits per heavy atom. The summed E-state index contributed by atoms with van der Waals surface area (Å²) in [4.78, 5) is 30.7. The minimum absolute atomic E-state index is 0.00920. The van der Waals surface area contributed by atoms with Crippen molar-refractivity contribution in [1.82, 2.24) is 9.88 Å². The lowest BCUT2D eigenvalue weighted by Crippen LogP contribution is -2.38. The number of pyridine rings is 1. The smallest absolute Gasteiger partial charge is 0.274 e. The van der Waals surface area contributed by atoms with Crippen LogP contribution in [0.2, 0.25) is 0 Å². The Kier molecular flexibility index (Phi) is 5.53. The summed E-state index contributed by atoms with van der Waals surface area (Å²) in [6.07, 6.45) is 3.26. The van der Waals surface area contributed by atoms with E-state index in [0.29, 0.717) is 5.69 Å². The van der Waals surface area contributed by atoms with Crippen LogP contribution in [0.25, 0.3) is 10.8 Å². The van der Waals surface area contributed by atoms with Gasteiger partial charge in [0.05, 0.1) is 0 Å². The molecular weight excluding hydrogens is 364 g/mol. The van der Waals surface area contributed by atoms with Gasteiger partial charge in [-0.25, -0.2) is 0 Å². The third-order valence-electron chi connectivity index (χ3n) is 5.47. The summed E-state index contributed by atoms with van der Waals surface area (Å²) >= 11 is 0. The summed E-state index contributed by atoms with van der Waals surface area (Å²) in [5.41, 5.74) is 7.69. The van der Waals surface area contributed by atoms with Crippen LogP contribution >= 0.6 is 0 Å². The van der Waals surface area contributed by atoms with Gasteiger partial charge < -0.3 is 11.1 Å². The first-order valence-corrected chi connectivity index (χ1v) is 9.86. The second-order valence-corrected chi connectivity index (χ2v) is 7.49. The molecule has 4 rings (SSSR count). The van der Waals surface area contributed by atoms with Crippen LogP contribution in [0.5, 0.6) is 0 Å². The minimum Gasteiger partial charge on any atom is -0.369 e. The van der Waals surface area contributed by atoms with Gasteiger partial charge in [0.2, 0.25) is 5.91 Å². The molecule has 1 saturated heterocycles. The highest BCUT2D eigenvalue weighted by molar-refractivity contribution is 6.11. The van der Waals surface area contributed by atoms with Gasteiger partial charge in [-0.05, 0) is 55.1 Å². The molecule has 0 saturated carbocycles. The molecule has 3 aromatic rings. The molecule has 1 fully saturated rings. The molecule has 2 aromatic carbocycles. The molecular formula is C23H24N4O2. The van der Waals surface area contributed by atoms with Crippen molar-refractivity contribution in [3.8, 4) is 0 Å². The van der Waals surface area contributed by atoms with Gasteiger partial charge in [0.15, 0.2) is 0 Å². The standard InChI is InChI=1S/C23H24N4O2/c24-22(28)18-9-12-27(13-10-18)15-16-4-3-6-19(14-16)26-23(29)21-20-7-2-1-5-17(20)8-11-25-21/h1-8,11,14,18H,9-10,12-13,15H2,(H2,24,28)(H,26,29). The van der Waals surface area contributed by atoms with Crippen LogP contribution in [0.3, 0.4) is 0 Å². The summed E-state index contributed by atoms with van der Waals surface area (Å²) in [7, 11) is 0. The number of fused-ring (bicyclic) bond motifs is 1. The van der Waals surface area contributed by atoms with Gasteiger partial charge in [0, 0.05) is 29.7 Å². The largest absolute Gasteiger partial charge is 0.369 e. The number of piperidine rings is 1. The third kappa shape index (κ3) is 4.43. The summed E-state index contributed by atoms with van der Waals surface area (Å²) in [6, 6.07) is 17.5. The molecule has 2 amide bonds. The van der Waals surface area contributed by atoms with Gasteiger partial charge in [-0.1, -0.05) is 36.4 Å². The number of likely N-dealkylation sites (tertiary alicyclic amines) is 1. The molecule has 6 heteroatoms. The van der Waals surface area contributed by atoms with Crippen LogP contribution in [0, 0.1) is 5.92 Å². The Morgan fingerprint density at radius 3 is 2.66 bits per heavy atom. The van der Waals surface area contributed by atoms with E-state index in [-0.39, 0.29) is 17.7 Å². The average Bonchev–Trinajstić information content (AvgIpc) is 2.74. The highest BCUT2D eigenvalue weighted by Crippen LogP contribution is 2.21. The maximum absolute atomic E-state index is 12.8. The molecule has 0 spiro atoms. The summed E-state index contributed by atoms with van der Waals surface area (Å²) in [5, 5.41) is 4.79. The van der Waals surface area contributed by atoms with Gasteiger partial charge >= 0.3 is 0 Å². The van der Waals surface area contributed by atoms with E-state index < -0.39 is 0 Å². The maximum atomic E-state index is 12.8. The van der Waals surface area contributed by atoms with E-state index in [1.165, 1.54) is 0 Å². The number of rotatable bonds is 5. The lowest BCUT2D eigenvalue weighted by atomic mass is 9.96. The predicted octanol–water partition coefficient (Wildman–Crippen LogP) is 3.18. The molecule has 1 aliphatic heterocycles. The molecule has 0 bridgehead atoms. The molecule has 148 valence electrons. The quantitative estimate of drug-likeness (QED) is 0.703. The molecule has 3 N–H and O–H groups in total. The van der Waals surface area contributed by atoms with Crippen LogP contribution in [-0.4, -0.2) is 34.8 Å². The molecule has 0 unspecified atom stereocenters. The van der Waals surface area contributed by atoms with Crippen molar-refractivity contribution >= 4 is 28.3 Å². The number of nitrogens with zero attached hydrogens (tertiary/aromatic N) is 2. The van der Waals surface area contributed by atoms with Crippen molar-refractivity contribution < 1.29 is 9.59 Å². The van der Waals surface area contributed by atoms with Crippen LogP contribution in [0.1, 0.15) is 28.9 Å². The lowest BCUT2D eigenvalue weighted by molar-refractivity contribution is -0.123. The van der Waals surface area contributed by atoms with E-state index >= 15 is 0 Å². The summed E-state index contributed by atoms with van der Waals surface area (Å²) < 4.78 is 0. The average molecular weight is 388 g/mol. The molecule has 0 radical (unpaired) electrons. The lowest BCUT2D eigenvalue weighted by Gasteiger charge is -2.30. The van der Waals surface area contributed by atoms with Gasteiger partial charge in [-0.2, -0.15) is 0 Å². The van der Waals surface area contributed by atoms with Gasteiger partial charge in [0.25, 0.3) is 5.91 Å². The third-order valence-corrected chi connectivity index (χ3v) is 5.47. The van der Waals surface area contributed by atoms with Gasteiger partial charge in [0.1, 0.15) is 5.69 Å². The van der Waals surface area contributed by atoms with Crippen molar-refractivity contribution in [2.75, 3.05) is 18.4 Å². The number of primary amides is 1. The number of benzene rings is 2. The number of aromatic nitrogens is 1. The Balaban J connectivity index is 1.44. The first-order valence-electron chi connectivity index (χ1n) is 9.86. The molecule has 2 heterocycles. The predicted molar refractivity (Wildman–Crippen MR) is 113 cm³/mol. The number of amides is 2. The second kappa shape index (κ2) is 8.41. The Morgan fingerprint density at radius 1 is 1.07 bits per heavy atom. The number of hydrogen-bond donors (Lipinski definition) is 2. The van der Waals surface area contributed by atoms with Crippen LogP contribution in [0.4, 0.5) is 5.69 Å². The number of carbonyl (C=O) groups excluding carboxylic acids is 2. The van der Waals surface area contributed by atoms with Crippen molar-refractivity contribution in [3.05, 3.63) is 72.1 Å². The van der Waals surface area contributed by atoms with Crippen molar-refractivity contribution in [1.29, 1.82) is 0 Å². The monoisotopic (exact) mass is 388 g/mol. The second-order valence-electron chi connectivity index (χ2n) is 7.49. The SMILES string of the molecule is NC(=O)C1CCN(Cc2cccc(NC(=O)c3nccc4ccccc34)c2)CC1. The van der Waals surface area contributed by atoms with Crippen LogP contribution in [0.15, 0.2) is 60.8 Å². The van der Waals surface area contributed by atoms with Crippen molar-refractivity contribution in [2.24, 2.45) is 11.7 Å². The fourth-order valence-electron chi connectivity index (χ4n) is 3.87. The van der Waals surface area contributed by atoms with E-state index in [0.717, 1.165) is 54.5 Å². The van der Waals surface area contributed by atoms with E-state index in [1.807, 2.05) is 54.6 Å². The van der Waals surface area contributed by atoms with Crippen molar-refractivity contribution in [3.63, 3.8) is 0 Å². The molecule has 1 aliphatic rings. The first kappa shape index (κ1) is 19.1. The van der Waals surface area contributed by atoms with Gasteiger partial charge in [-0.3, -0.25) is 19.5 Å². The number of nitrogens with one attached hydrogen (secondary N) is 1. The topological polar surface area (TPSA) is 88.3 Å². The molecule has 6 nitrogen and oxygen atoms in total. The zero-order valence-electron chi connectivity index (χ0n) is 16.2. The Bertz CT molecular complexity index is 1040. The first-order chi connectivity index (χ1) is 14.1.